The molecule has 1 rings (SSSR count). The molecular weight excluding hydrogens is 724 g/mol. The van der Waals surface area contributed by atoms with Crippen molar-refractivity contribution >= 4 is 102 Å². The number of carbonyl (C=O) groups is 3. The number of methoxy groups -OCH3 is 1. The third-order valence-corrected chi connectivity index (χ3v) is 7.70. The lowest BCUT2D eigenvalue weighted by molar-refractivity contribution is -0.119. The fourth-order valence-electron chi connectivity index (χ4n) is 2.63. The second-order valence-electron chi connectivity index (χ2n) is 6.05. The van der Waals surface area contributed by atoms with Crippen LogP contribution in [0.25, 0.3) is 0 Å². The third kappa shape index (κ3) is 6.91. The van der Waals surface area contributed by atoms with E-state index in [4.69, 9.17) is 16.3 Å². The van der Waals surface area contributed by atoms with Gasteiger partial charge in [-0.2, -0.15) is 0 Å². The van der Waals surface area contributed by atoms with Crippen molar-refractivity contribution in [3.05, 3.63) is 21.8 Å². The van der Waals surface area contributed by atoms with E-state index in [0.717, 1.165) is 19.3 Å². The number of anilines is 1. The van der Waals surface area contributed by atoms with E-state index in [0.29, 0.717) is 34.4 Å². The first-order chi connectivity index (χ1) is 13.2. The summed E-state index contributed by atoms with van der Waals surface area (Å²) in [5.41, 5.74) is 0.932. The molecule has 0 atom stereocenters. The zero-order valence-corrected chi connectivity index (χ0v) is 23.0. The first-order valence-electron chi connectivity index (χ1n) is 8.66. The monoisotopic (exact) mass is 746 g/mol. The molecule has 0 radical (unpaired) electrons. The van der Waals surface area contributed by atoms with Gasteiger partial charge in [-0.15, -0.1) is 0 Å². The van der Waals surface area contributed by atoms with Crippen molar-refractivity contribution in [2.75, 3.05) is 25.6 Å². The summed E-state index contributed by atoms with van der Waals surface area (Å²) in [5.74, 6) is -0.121. The maximum atomic E-state index is 12.9. The van der Waals surface area contributed by atoms with Gasteiger partial charge in [-0.3, -0.25) is 14.4 Å². The summed E-state index contributed by atoms with van der Waals surface area (Å²) in [6, 6.07) is 0. The van der Waals surface area contributed by atoms with Crippen molar-refractivity contribution in [2.45, 2.75) is 33.1 Å². The molecule has 0 bridgehead atoms. The van der Waals surface area contributed by atoms with Gasteiger partial charge in [-0.1, -0.05) is 26.7 Å². The molecule has 0 fully saturated rings. The normalized spacial score (nSPS) is 10.9. The van der Waals surface area contributed by atoms with E-state index in [-0.39, 0.29) is 24.0 Å². The SMILES string of the molecule is CCC(CC)CCNC(=O)c1c(I)c(NC(=O)COC)c(I)c(C(=O)Cl)c1I. The Morgan fingerprint density at radius 2 is 1.61 bits per heavy atom. The number of carbonyl (C=O) groups excluding carboxylic acids is 3. The molecule has 0 unspecified atom stereocenters. The van der Waals surface area contributed by atoms with Crippen molar-refractivity contribution in [3.8, 4) is 0 Å². The first-order valence-corrected chi connectivity index (χ1v) is 12.3. The molecule has 0 saturated heterocycles. The molecule has 0 aliphatic carbocycles. The molecule has 0 aliphatic heterocycles. The van der Waals surface area contributed by atoms with Crippen LogP contribution in [-0.2, 0) is 9.53 Å². The van der Waals surface area contributed by atoms with E-state index >= 15 is 0 Å². The highest BCUT2D eigenvalue weighted by Gasteiger charge is 2.27. The standard InChI is InChI=1S/C18H22ClI3N2O4/c1-4-9(5-2)6-7-23-18(27)12-13(20)11(17(19)26)14(21)16(15(12)22)24-10(25)8-28-3/h9H,4-8H2,1-3H3,(H,23,27)(H,24,25). The van der Waals surface area contributed by atoms with Crippen LogP contribution in [0, 0.1) is 16.6 Å². The van der Waals surface area contributed by atoms with Crippen LogP contribution >= 0.6 is 79.4 Å². The van der Waals surface area contributed by atoms with Crippen molar-refractivity contribution in [1.82, 2.24) is 5.32 Å². The molecule has 0 spiro atoms. The number of halogens is 4. The van der Waals surface area contributed by atoms with E-state index < -0.39 is 5.24 Å². The van der Waals surface area contributed by atoms with E-state index in [1.165, 1.54) is 7.11 Å². The summed E-state index contributed by atoms with van der Waals surface area (Å²) in [7, 11) is 1.41. The lowest BCUT2D eigenvalue weighted by atomic mass is 9.99. The fourth-order valence-corrected chi connectivity index (χ4v) is 7.55. The molecular formula is C18H22ClI3N2O4. The smallest absolute Gasteiger partial charge is 0.254 e. The highest BCUT2D eigenvalue weighted by Crippen LogP contribution is 2.36. The molecule has 2 amide bonds. The molecule has 0 saturated carbocycles. The van der Waals surface area contributed by atoms with Crippen LogP contribution in [-0.4, -0.2) is 37.3 Å². The Balaban J connectivity index is 3.29. The van der Waals surface area contributed by atoms with E-state index in [2.05, 4.69) is 24.5 Å². The molecule has 0 aromatic heterocycles. The van der Waals surface area contributed by atoms with Gasteiger partial charge in [0.05, 0.1) is 24.0 Å². The predicted octanol–water partition coefficient (Wildman–Crippen LogP) is 5.02. The maximum Gasteiger partial charge on any atom is 0.254 e. The summed E-state index contributed by atoms with van der Waals surface area (Å²) in [6.45, 7) is 4.67. The highest BCUT2D eigenvalue weighted by atomic mass is 127. The highest BCUT2D eigenvalue weighted by molar-refractivity contribution is 14.1. The Morgan fingerprint density at radius 1 is 1.04 bits per heavy atom. The second kappa shape index (κ2) is 12.8. The van der Waals surface area contributed by atoms with Crippen molar-refractivity contribution in [2.24, 2.45) is 5.92 Å². The zero-order chi connectivity index (χ0) is 21.4. The van der Waals surface area contributed by atoms with E-state index in [1.54, 1.807) is 0 Å². The fraction of sp³-hybridized carbons (Fsp3) is 0.500. The van der Waals surface area contributed by atoms with Crippen LogP contribution in [0.15, 0.2) is 0 Å². The number of hydrogen-bond acceptors (Lipinski definition) is 4. The average molecular weight is 747 g/mol. The average Bonchev–Trinajstić information content (AvgIpc) is 2.62. The van der Waals surface area contributed by atoms with Crippen LogP contribution < -0.4 is 10.6 Å². The molecule has 1 aromatic carbocycles. The Morgan fingerprint density at radius 3 is 2.11 bits per heavy atom. The summed E-state index contributed by atoms with van der Waals surface area (Å²) in [6.07, 6.45) is 3.01. The third-order valence-electron chi connectivity index (χ3n) is 4.27. The molecule has 1 aromatic rings. The number of nitrogens with one attached hydrogen (secondary N) is 2. The minimum atomic E-state index is -0.682. The van der Waals surface area contributed by atoms with Crippen molar-refractivity contribution in [1.29, 1.82) is 0 Å². The van der Waals surface area contributed by atoms with Gasteiger partial charge in [0.15, 0.2) is 0 Å². The Kier molecular flexibility index (Phi) is 12.1. The van der Waals surface area contributed by atoms with Gasteiger partial charge in [0.25, 0.3) is 11.1 Å². The van der Waals surface area contributed by atoms with Crippen molar-refractivity contribution in [3.63, 3.8) is 0 Å². The topological polar surface area (TPSA) is 84.5 Å². The summed E-state index contributed by atoms with van der Waals surface area (Å²) >= 11 is 11.7. The van der Waals surface area contributed by atoms with Crippen LogP contribution in [0.3, 0.4) is 0 Å². The molecule has 2 N–H and O–H groups in total. The lowest BCUT2D eigenvalue weighted by Crippen LogP contribution is -2.29. The number of benzene rings is 1. The molecule has 0 aliphatic rings. The number of rotatable bonds is 10. The van der Waals surface area contributed by atoms with Crippen LogP contribution in [0.5, 0.6) is 0 Å². The molecule has 0 heterocycles. The Labute approximate surface area is 211 Å². The predicted molar refractivity (Wildman–Crippen MR) is 136 cm³/mol. The van der Waals surface area contributed by atoms with Gasteiger partial charge in [-0.25, -0.2) is 0 Å². The molecule has 10 heteroatoms. The Bertz CT molecular complexity index is 755. The molecule has 28 heavy (non-hydrogen) atoms. The first kappa shape index (κ1) is 26.3. The van der Waals surface area contributed by atoms with Crippen LogP contribution in [0.1, 0.15) is 53.8 Å². The van der Waals surface area contributed by atoms with Crippen LogP contribution in [0.4, 0.5) is 5.69 Å². The molecule has 156 valence electrons. The zero-order valence-electron chi connectivity index (χ0n) is 15.8. The van der Waals surface area contributed by atoms with Crippen molar-refractivity contribution < 1.29 is 19.1 Å². The van der Waals surface area contributed by atoms with Gasteiger partial charge in [-0.05, 0) is 91.7 Å². The summed E-state index contributed by atoms with van der Waals surface area (Å²) < 4.78 is 6.35. The maximum absolute atomic E-state index is 12.9. The quantitative estimate of drug-likeness (QED) is 0.261. The minimum Gasteiger partial charge on any atom is -0.375 e. The number of hydrogen-bond donors (Lipinski definition) is 2. The van der Waals surface area contributed by atoms with E-state index in [9.17, 15) is 14.4 Å². The molecule has 6 nitrogen and oxygen atoms in total. The number of amides is 2. The van der Waals surface area contributed by atoms with Crippen LogP contribution in [0.2, 0.25) is 0 Å². The summed E-state index contributed by atoms with van der Waals surface area (Å²) in [5, 5.41) is 4.96. The largest absolute Gasteiger partial charge is 0.375 e. The lowest BCUT2D eigenvalue weighted by Gasteiger charge is -2.19. The van der Waals surface area contributed by atoms with Gasteiger partial charge in [0.1, 0.15) is 6.61 Å². The van der Waals surface area contributed by atoms with Gasteiger partial charge >= 0.3 is 0 Å². The van der Waals surface area contributed by atoms with Gasteiger partial charge < -0.3 is 15.4 Å². The Hall–Kier alpha value is 0.270. The van der Waals surface area contributed by atoms with Gasteiger partial charge in [0, 0.05) is 17.2 Å². The van der Waals surface area contributed by atoms with Gasteiger partial charge in [0.2, 0.25) is 5.91 Å². The van der Waals surface area contributed by atoms with E-state index in [1.807, 2.05) is 67.8 Å². The number of ether oxygens (including phenoxy) is 1. The minimum absolute atomic E-state index is 0.140. The summed E-state index contributed by atoms with van der Waals surface area (Å²) in [4.78, 5) is 36.9. The second-order valence-corrected chi connectivity index (χ2v) is 9.63.